The van der Waals surface area contributed by atoms with Gasteiger partial charge in [0.2, 0.25) is 0 Å². The van der Waals surface area contributed by atoms with Crippen molar-refractivity contribution in [3.63, 3.8) is 0 Å². The van der Waals surface area contributed by atoms with Crippen LogP contribution in [-0.2, 0) is 0 Å². The second-order valence-corrected chi connectivity index (χ2v) is 6.18. The second kappa shape index (κ2) is 6.13. The lowest BCUT2D eigenvalue weighted by Crippen LogP contribution is -2.35. The normalized spacial score (nSPS) is 26.0. The molecule has 0 spiro atoms. The molecule has 1 atom stereocenters. The molecule has 0 aliphatic heterocycles. The first kappa shape index (κ1) is 14.0. The standard InChI is InChI=1S/C14H20BrFN2/c1-9-2-4-10(5-3-9)14(18-17)12-7-6-11(16)8-13(12)15/h6-10,14,18H,2-5,17H2,1H3. The third kappa shape index (κ3) is 3.11. The minimum absolute atomic E-state index is 0.104. The third-order valence-electron chi connectivity index (χ3n) is 4.01. The van der Waals surface area contributed by atoms with Crippen molar-refractivity contribution < 1.29 is 4.39 Å². The van der Waals surface area contributed by atoms with E-state index in [9.17, 15) is 4.39 Å². The van der Waals surface area contributed by atoms with E-state index in [4.69, 9.17) is 5.84 Å². The van der Waals surface area contributed by atoms with E-state index in [1.807, 2.05) is 6.07 Å². The van der Waals surface area contributed by atoms with Gasteiger partial charge in [0.25, 0.3) is 0 Å². The summed E-state index contributed by atoms with van der Waals surface area (Å²) in [6.07, 6.45) is 4.86. The molecule has 0 radical (unpaired) electrons. The molecule has 2 rings (SSSR count). The van der Waals surface area contributed by atoms with Crippen LogP contribution in [0.3, 0.4) is 0 Å². The number of nitrogens with one attached hydrogen (secondary N) is 1. The molecule has 1 fully saturated rings. The van der Waals surface area contributed by atoms with Crippen LogP contribution in [0.5, 0.6) is 0 Å². The van der Waals surface area contributed by atoms with E-state index in [2.05, 4.69) is 28.3 Å². The Hall–Kier alpha value is -0.450. The number of hydrazine groups is 1. The number of nitrogens with two attached hydrogens (primary N) is 1. The molecule has 100 valence electrons. The van der Waals surface area contributed by atoms with Crippen LogP contribution in [0.1, 0.15) is 44.2 Å². The molecule has 1 aromatic rings. The van der Waals surface area contributed by atoms with Crippen LogP contribution in [-0.4, -0.2) is 0 Å². The summed E-state index contributed by atoms with van der Waals surface area (Å²) in [6, 6.07) is 4.93. The third-order valence-corrected chi connectivity index (χ3v) is 4.70. The highest BCUT2D eigenvalue weighted by Crippen LogP contribution is 2.38. The van der Waals surface area contributed by atoms with E-state index in [1.165, 1.54) is 37.8 Å². The van der Waals surface area contributed by atoms with Crippen molar-refractivity contribution in [1.82, 2.24) is 5.43 Å². The number of hydrogen-bond acceptors (Lipinski definition) is 2. The Balaban J connectivity index is 2.17. The molecular weight excluding hydrogens is 295 g/mol. The van der Waals surface area contributed by atoms with Gasteiger partial charge in [-0.3, -0.25) is 11.3 Å². The highest BCUT2D eigenvalue weighted by atomic mass is 79.9. The molecule has 1 unspecified atom stereocenters. The summed E-state index contributed by atoms with van der Waals surface area (Å²) in [4.78, 5) is 0. The summed E-state index contributed by atoms with van der Waals surface area (Å²) in [5.41, 5.74) is 3.96. The summed E-state index contributed by atoms with van der Waals surface area (Å²) < 4.78 is 13.9. The highest BCUT2D eigenvalue weighted by Gasteiger charge is 2.27. The highest BCUT2D eigenvalue weighted by molar-refractivity contribution is 9.10. The Labute approximate surface area is 116 Å². The molecular formula is C14H20BrFN2. The van der Waals surface area contributed by atoms with Gasteiger partial charge in [-0.15, -0.1) is 0 Å². The first-order valence-electron chi connectivity index (χ1n) is 6.53. The van der Waals surface area contributed by atoms with Crippen LogP contribution in [0.15, 0.2) is 22.7 Å². The summed E-state index contributed by atoms with van der Waals surface area (Å²) in [5.74, 6) is 6.84. The Morgan fingerprint density at radius 3 is 2.56 bits per heavy atom. The van der Waals surface area contributed by atoms with Crippen LogP contribution in [0.2, 0.25) is 0 Å². The van der Waals surface area contributed by atoms with Crippen LogP contribution < -0.4 is 11.3 Å². The lowest BCUT2D eigenvalue weighted by atomic mass is 9.77. The summed E-state index contributed by atoms with van der Waals surface area (Å²) in [7, 11) is 0. The first-order chi connectivity index (χ1) is 8.61. The lowest BCUT2D eigenvalue weighted by Gasteiger charge is -2.33. The molecule has 1 aromatic carbocycles. The fourth-order valence-corrected chi connectivity index (χ4v) is 3.45. The maximum absolute atomic E-state index is 13.1. The number of benzene rings is 1. The van der Waals surface area contributed by atoms with Crippen LogP contribution >= 0.6 is 15.9 Å². The molecule has 1 saturated carbocycles. The smallest absolute Gasteiger partial charge is 0.124 e. The molecule has 0 amide bonds. The Bertz CT molecular complexity index is 403. The maximum Gasteiger partial charge on any atom is 0.124 e. The largest absolute Gasteiger partial charge is 0.271 e. The van der Waals surface area contributed by atoms with Crippen LogP contribution in [0.4, 0.5) is 4.39 Å². The second-order valence-electron chi connectivity index (χ2n) is 5.33. The minimum Gasteiger partial charge on any atom is -0.271 e. The Kier molecular flexibility index (Phi) is 4.76. The Morgan fingerprint density at radius 1 is 1.33 bits per heavy atom. The summed E-state index contributed by atoms with van der Waals surface area (Å²) in [6.45, 7) is 2.30. The fourth-order valence-electron chi connectivity index (χ4n) is 2.85. The first-order valence-corrected chi connectivity index (χ1v) is 7.32. The molecule has 0 saturated heterocycles. The number of halogens is 2. The fraction of sp³-hybridized carbons (Fsp3) is 0.571. The van der Waals surface area contributed by atoms with Gasteiger partial charge in [-0.25, -0.2) is 4.39 Å². The van der Waals surface area contributed by atoms with Crippen molar-refractivity contribution in [3.8, 4) is 0 Å². The van der Waals surface area contributed by atoms with Crippen LogP contribution in [0.25, 0.3) is 0 Å². The molecule has 4 heteroatoms. The van der Waals surface area contributed by atoms with Gasteiger partial charge in [-0.2, -0.15) is 0 Å². The quantitative estimate of drug-likeness (QED) is 0.655. The molecule has 1 aliphatic carbocycles. The zero-order valence-electron chi connectivity index (χ0n) is 10.6. The molecule has 3 N–H and O–H groups in total. The van der Waals surface area contributed by atoms with Gasteiger partial charge in [0.15, 0.2) is 0 Å². The van der Waals surface area contributed by atoms with E-state index in [-0.39, 0.29) is 11.9 Å². The zero-order valence-corrected chi connectivity index (χ0v) is 12.2. The van der Waals surface area contributed by atoms with E-state index in [1.54, 1.807) is 0 Å². The van der Waals surface area contributed by atoms with Crippen molar-refractivity contribution in [2.24, 2.45) is 17.7 Å². The average Bonchev–Trinajstić information content (AvgIpc) is 2.35. The van der Waals surface area contributed by atoms with Crippen molar-refractivity contribution >= 4 is 15.9 Å². The van der Waals surface area contributed by atoms with Gasteiger partial charge in [0.05, 0.1) is 0 Å². The summed E-state index contributed by atoms with van der Waals surface area (Å²) >= 11 is 3.43. The number of rotatable bonds is 3. The predicted molar refractivity (Wildman–Crippen MR) is 75.3 cm³/mol. The van der Waals surface area contributed by atoms with E-state index in [0.717, 1.165) is 16.0 Å². The van der Waals surface area contributed by atoms with Crippen LogP contribution in [0, 0.1) is 17.7 Å². The summed E-state index contributed by atoms with van der Waals surface area (Å²) in [5, 5.41) is 0. The van der Waals surface area contributed by atoms with Gasteiger partial charge < -0.3 is 0 Å². The number of hydrogen-bond donors (Lipinski definition) is 2. The average molecular weight is 315 g/mol. The molecule has 0 bridgehead atoms. The maximum atomic E-state index is 13.1. The molecule has 18 heavy (non-hydrogen) atoms. The molecule has 2 nitrogen and oxygen atoms in total. The van der Waals surface area contributed by atoms with E-state index >= 15 is 0 Å². The monoisotopic (exact) mass is 314 g/mol. The van der Waals surface area contributed by atoms with Crippen molar-refractivity contribution in [2.75, 3.05) is 0 Å². The topological polar surface area (TPSA) is 38.0 Å². The predicted octanol–water partition coefficient (Wildman–Crippen LogP) is 3.92. The molecule has 1 aliphatic rings. The molecule has 0 aromatic heterocycles. The SMILES string of the molecule is CC1CCC(C(NN)c2ccc(F)cc2Br)CC1. The molecule has 0 heterocycles. The van der Waals surface area contributed by atoms with E-state index in [0.29, 0.717) is 5.92 Å². The van der Waals surface area contributed by atoms with Gasteiger partial charge in [0.1, 0.15) is 5.82 Å². The Morgan fingerprint density at radius 2 is 2.00 bits per heavy atom. The zero-order chi connectivity index (χ0) is 13.1. The van der Waals surface area contributed by atoms with E-state index < -0.39 is 0 Å². The van der Waals surface area contributed by atoms with Gasteiger partial charge in [0, 0.05) is 10.5 Å². The lowest BCUT2D eigenvalue weighted by molar-refractivity contribution is 0.232. The van der Waals surface area contributed by atoms with Gasteiger partial charge >= 0.3 is 0 Å². The minimum atomic E-state index is -0.223. The van der Waals surface area contributed by atoms with Crippen molar-refractivity contribution in [1.29, 1.82) is 0 Å². The van der Waals surface area contributed by atoms with Crippen molar-refractivity contribution in [2.45, 2.75) is 38.6 Å². The van der Waals surface area contributed by atoms with Gasteiger partial charge in [-0.1, -0.05) is 41.8 Å². The van der Waals surface area contributed by atoms with Gasteiger partial charge in [-0.05, 0) is 42.4 Å². The van der Waals surface area contributed by atoms with Crippen molar-refractivity contribution in [3.05, 3.63) is 34.1 Å².